The van der Waals surface area contributed by atoms with Crippen molar-refractivity contribution >= 4 is 11.4 Å². The highest BCUT2D eigenvalue weighted by Gasteiger charge is 2.03. The Balaban J connectivity index is 2.08. The van der Waals surface area contributed by atoms with Crippen LogP contribution in [0.5, 0.6) is 0 Å². The summed E-state index contributed by atoms with van der Waals surface area (Å²) in [5.41, 5.74) is 9.55. The van der Waals surface area contributed by atoms with Crippen LogP contribution >= 0.6 is 0 Å². The number of rotatable bonds is 4. The molecule has 4 nitrogen and oxygen atoms in total. The molecule has 4 N–H and O–H groups in total. The van der Waals surface area contributed by atoms with E-state index in [0.717, 1.165) is 16.8 Å². The summed E-state index contributed by atoms with van der Waals surface area (Å²) < 4.78 is 0. The molecule has 0 amide bonds. The quantitative estimate of drug-likeness (QED) is 0.730. The van der Waals surface area contributed by atoms with Crippen LogP contribution in [0, 0.1) is 11.3 Å². The number of nitrogens with one attached hydrogen (secondary N) is 1. The zero-order valence-corrected chi connectivity index (χ0v) is 10.4. The molecule has 0 spiro atoms. The molecule has 0 radical (unpaired) electrons. The normalized spacial score (nSPS) is 9.89. The Morgan fingerprint density at radius 3 is 2.42 bits per heavy atom. The topological polar surface area (TPSA) is 82.1 Å². The summed E-state index contributed by atoms with van der Waals surface area (Å²) in [6.07, 6.45) is 0. The Kier molecular flexibility index (Phi) is 4.01. The first-order chi connectivity index (χ1) is 9.24. The van der Waals surface area contributed by atoms with Gasteiger partial charge in [0.15, 0.2) is 0 Å². The summed E-state index contributed by atoms with van der Waals surface area (Å²) in [7, 11) is 0. The van der Waals surface area contributed by atoms with E-state index in [0.29, 0.717) is 17.8 Å². The van der Waals surface area contributed by atoms with E-state index in [1.165, 1.54) is 0 Å². The molecule has 4 heteroatoms. The van der Waals surface area contributed by atoms with Gasteiger partial charge in [0, 0.05) is 6.54 Å². The standard InChI is InChI=1S/C15H15N3O/c16-8-13-2-1-3-14(15(13)17)18-9-11-4-6-12(10-19)7-5-11/h1-7,18-19H,9-10,17H2. The molecule has 2 rings (SSSR count). The summed E-state index contributed by atoms with van der Waals surface area (Å²) in [5.74, 6) is 0. The molecular weight excluding hydrogens is 238 g/mol. The number of nitriles is 1. The molecule has 0 aliphatic carbocycles. The van der Waals surface area contributed by atoms with Crippen molar-refractivity contribution in [1.82, 2.24) is 0 Å². The Hall–Kier alpha value is -2.51. The predicted octanol–water partition coefficient (Wildman–Crippen LogP) is 2.24. The van der Waals surface area contributed by atoms with Crippen molar-refractivity contribution < 1.29 is 5.11 Å². The van der Waals surface area contributed by atoms with Crippen molar-refractivity contribution in [3.8, 4) is 6.07 Å². The molecule has 0 saturated heterocycles. The summed E-state index contributed by atoms with van der Waals surface area (Å²) in [6.45, 7) is 0.662. The van der Waals surface area contributed by atoms with Crippen LogP contribution in [0.2, 0.25) is 0 Å². The SMILES string of the molecule is N#Cc1cccc(NCc2ccc(CO)cc2)c1N. The number of anilines is 2. The first-order valence-electron chi connectivity index (χ1n) is 5.95. The Morgan fingerprint density at radius 1 is 1.11 bits per heavy atom. The van der Waals surface area contributed by atoms with Crippen LogP contribution in [0.4, 0.5) is 11.4 Å². The van der Waals surface area contributed by atoms with E-state index >= 15 is 0 Å². The first-order valence-corrected chi connectivity index (χ1v) is 5.95. The lowest BCUT2D eigenvalue weighted by molar-refractivity contribution is 0.282. The summed E-state index contributed by atoms with van der Waals surface area (Å²) in [6, 6.07) is 15.0. The van der Waals surface area contributed by atoms with Crippen LogP contribution in [-0.4, -0.2) is 5.11 Å². The number of hydrogen-bond donors (Lipinski definition) is 3. The monoisotopic (exact) mass is 253 g/mol. The lowest BCUT2D eigenvalue weighted by Gasteiger charge is -2.10. The third kappa shape index (κ3) is 3.03. The Labute approximate surface area is 112 Å². The van der Waals surface area contributed by atoms with Gasteiger partial charge in [-0.25, -0.2) is 0 Å². The van der Waals surface area contributed by atoms with Gasteiger partial charge in [0.05, 0.1) is 23.5 Å². The molecular formula is C15H15N3O. The second kappa shape index (κ2) is 5.89. The minimum Gasteiger partial charge on any atom is -0.396 e. The predicted molar refractivity (Wildman–Crippen MR) is 75.3 cm³/mol. The van der Waals surface area contributed by atoms with Crippen LogP contribution in [0.1, 0.15) is 16.7 Å². The van der Waals surface area contributed by atoms with Crippen LogP contribution in [0.15, 0.2) is 42.5 Å². The number of nitrogens with two attached hydrogens (primary N) is 1. The van der Waals surface area contributed by atoms with E-state index in [1.807, 2.05) is 30.3 Å². The number of benzene rings is 2. The molecule has 19 heavy (non-hydrogen) atoms. The number of hydrogen-bond acceptors (Lipinski definition) is 4. The minimum atomic E-state index is 0.0465. The number of nitrogens with zero attached hydrogens (tertiary/aromatic N) is 1. The summed E-state index contributed by atoms with van der Waals surface area (Å²) in [5, 5.41) is 21.1. The fourth-order valence-corrected chi connectivity index (χ4v) is 1.78. The lowest BCUT2D eigenvalue weighted by Crippen LogP contribution is -2.03. The van der Waals surface area contributed by atoms with Gasteiger partial charge in [-0.15, -0.1) is 0 Å². The number of aliphatic hydroxyl groups excluding tert-OH is 1. The molecule has 0 aromatic heterocycles. The Bertz CT molecular complexity index is 600. The fraction of sp³-hybridized carbons (Fsp3) is 0.133. The molecule has 0 atom stereocenters. The van der Waals surface area contributed by atoms with E-state index in [2.05, 4.69) is 11.4 Å². The van der Waals surface area contributed by atoms with Crippen LogP contribution < -0.4 is 11.1 Å². The highest BCUT2D eigenvalue weighted by atomic mass is 16.3. The first kappa shape index (κ1) is 12.9. The van der Waals surface area contributed by atoms with Crippen LogP contribution in [0.25, 0.3) is 0 Å². The summed E-state index contributed by atoms with van der Waals surface area (Å²) >= 11 is 0. The lowest BCUT2D eigenvalue weighted by atomic mass is 10.1. The van der Waals surface area contributed by atoms with E-state index < -0.39 is 0 Å². The van der Waals surface area contributed by atoms with E-state index in [4.69, 9.17) is 16.1 Å². The molecule has 0 unspecified atom stereocenters. The molecule has 96 valence electrons. The molecule has 0 aliphatic rings. The smallest absolute Gasteiger partial charge is 0.101 e. The maximum atomic E-state index is 8.97. The summed E-state index contributed by atoms with van der Waals surface area (Å²) in [4.78, 5) is 0. The molecule has 0 aliphatic heterocycles. The van der Waals surface area contributed by atoms with Gasteiger partial charge >= 0.3 is 0 Å². The fourth-order valence-electron chi connectivity index (χ4n) is 1.78. The van der Waals surface area contributed by atoms with E-state index in [-0.39, 0.29) is 6.61 Å². The second-order valence-electron chi connectivity index (χ2n) is 4.21. The number of nitrogen functional groups attached to an aromatic ring is 1. The van der Waals surface area contributed by atoms with Crippen LogP contribution in [-0.2, 0) is 13.2 Å². The second-order valence-corrected chi connectivity index (χ2v) is 4.21. The van der Waals surface area contributed by atoms with Gasteiger partial charge in [-0.05, 0) is 23.3 Å². The zero-order valence-electron chi connectivity index (χ0n) is 10.4. The highest BCUT2D eigenvalue weighted by molar-refractivity contribution is 5.72. The maximum Gasteiger partial charge on any atom is 0.101 e. The zero-order chi connectivity index (χ0) is 13.7. The molecule has 0 bridgehead atoms. The van der Waals surface area contributed by atoms with Crippen molar-refractivity contribution in [2.45, 2.75) is 13.2 Å². The van der Waals surface area contributed by atoms with Crippen molar-refractivity contribution in [2.24, 2.45) is 0 Å². The molecule has 2 aromatic rings. The van der Waals surface area contributed by atoms with Crippen molar-refractivity contribution in [3.63, 3.8) is 0 Å². The highest BCUT2D eigenvalue weighted by Crippen LogP contribution is 2.22. The van der Waals surface area contributed by atoms with E-state index in [1.54, 1.807) is 12.1 Å². The van der Waals surface area contributed by atoms with Gasteiger partial charge in [0.1, 0.15) is 6.07 Å². The van der Waals surface area contributed by atoms with Gasteiger partial charge in [-0.3, -0.25) is 0 Å². The van der Waals surface area contributed by atoms with Gasteiger partial charge < -0.3 is 16.2 Å². The third-order valence-electron chi connectivity index (χ3n) is 2.92. The van der Waals surface area contributed by atoms with Crippen molar-refractivity contribution in [2.75, 3.05) is 11.1 Å². The van der Waals surface area contributed by atoms with Gasteiger partial charge in [0.2, 0.25) is 0 Å². The average molecular weight is 253 g/mol. The van der Waals surface area contributed by atoms with E-state index in [9.17, 15) is 0 Å². The molecule has 2 aromatic carbocycles. The van der Waals surface area contributed by atoms with Crippen molar-refractivity contribution in [3.05, 3.63) is 59.2 Å². The van der Waals surface area contributed by atoms with Gasteiger partial charge in [-0.2, -0.15) is 5.26 Å². The largest absolute Gasteiger partial charge is 0.396 e. The third-order valence-corrected chi connectivity index (χ3v) is 2.92. The van der Waals surface area contributed by atoms with Gasteiger partial charge in [0.25, 0.3) is 0 Å². The number of para-hydroxylation sites is 1. The van der Waals surface area contributed by atoms with Crippen LogP contribution in [0.3, 0.4) is 0 Å². The average Bonchev–Trinajstić information content (AvgIpc) is 2.47. The maximum absolute atomic E-state index is 8.97. The number of aliphatic hydroxyl groups is 1. The molecule has 0 saturated carbocycles. The molecule has 0 fully saturated rings. The van der Waals surface area contributed by atoms with Crippen molar-refractivity contribution in [1.29, 1.82) is 5.26 Å². The van der Waals surface area contributed by atoms with Gasteiger partial charge in [-0.1, -0.05) is 30.3 Å². The minimum absolute atomic E-state index is 0.0465. The Morgan fingerprint density at radius 2 is 1.79 bits per heavy atom. The molecule has 0 heterocycles.